The monoisotopic (exact) mass is 433 g/mol. The lowest BCUT2D eigenvalue weighted by molar-refractivity contribution is -0.155. The Bertz CT molecular complexity index is 736. The van der Waals surface area contributed by atoms with Crippen LogP contribution in [-0.2, 0) is 9.53 Å². The molecule has 0 spiro atoms. The third-order valence-corrected chi connectivity index (χ3v) is 4.66. The number of benzene rings is 2. The van der Waals surface area contributed by atoms with Crippen LogP contribution in [0.1, 0.15) is 57.3 Å². The fraction of sp³-hybridized carbons (Fsp3) is 0.409. The van der Waals surface area contributed by atoms with Gasteiger partial charge in [0.25, 0.3) is 0 Å². The van der Waals surface area contributed by atoms with Gasteiger partial charge in [-0.1, -0.05) is 40.2 Å². The summed E-state index contributed by atoms with van der Waals surface area (Å²) >= 11 is 3.46. The highest BCUT2D eigenvalue weighted by Crippen LogP contribution is 2.26. The summed E-state index contributed by atoms with van der Waals surface area (Å²) in [5.41, 5.74) is 1.68. The van der Waals surface area contributed by atoms with Crippen LogP contribution in [-0.4, -0.2) is 18.7 Å². The summed E-state index contributed by atoms with van der Waals surface area (Å²) in [6.45, 7) is 7.73. The predicted molar refractivity (Wildman–Crippen MR) is 112 cm³/mol. The molecule has 0 aliphatic carbocycles. The lowest BCUT2D eigenvalue weighted by Crippen LogP contribution is -2.30. The minimum atomic E-state index is -0.497. The number of halogens is 1. The number of esters is 1. The number of hydrogen-bond donors (Lipinski definition) is 1. The Hall–Kier alpha value is -1.85. The number of nitrogens with one attached hydrogen (secondary N) is 1. The normalized spacial score (nSPS) is 13.7. The summed E-state index contributed by atoms with van der Waals surface area (Å²) in [6.07, 6.45) is 0.263. The molecule has 4 nitrogen and oxygen atoms in total. The number of rotatable bonds is 7. The van der Waals surface area contributed by atoms with E-state index in [1.807, 2.05) is 69.3 Å². The third kappa shape index (κ3) is 7.00. The van der Waals surface area contributed by atoms with Crippen molar-refractivity contribution in [3.63, 3.8) is 0 Å². The second kappa shape index (κ2) is 9.38. The van der Waals surface area contributed by atoms with Gasteiger partial charge in [-0.05, 0) is 63.1 Å². The minimum absolute atomic E-state index is 0.0620. The van der Waals surface area contributed by atoms with Gasteiger partial charge in [0.15, 0.2) is 0 Å². The molecule has 0 unspecified atom stereocenters. The summed E-state index contributed by atoms with van der Waals surface area (Å²) in [6, 6.07) is 15.9. The SMILES string of the molecule is COc1ccc([C@@H](C)N[C@@H](CC(=O)OC(C)(C)C)c2ccc(Br)cc2)cc1. The second-order valence-corrected chi connectivity index (χ2v) is 8.47. The fourth-order valence-electron chi connectivity index (χ4n) is 2.81. The minimum Gasteiger partial charge on any atom is -0.497 e. The first-order valence-corrected chi connectivity index (χ1v) is 9.84. The van der Waals surface area contributed by atoms with Crippen molar-refractivity contribution in [2.75, 3.05) is 7.11 Å². The van der Waals surface area contributed by atoms with Crippen molar-refractivity contribution >= 4 is 21.9 Å². The molecule has 0 radical (unpaired) electrons. The first kappa shape index (κ1) is 21.5. The standard InChI is InChI=1S/C22H28BrNO3/c1-15(16-8-12-19(26-5)13-9-16)24-20(14-21(25)27-22(2,3)4)17-6-10-18(23)11-7-17/h6-13,15,20,24H,14H2,1-5H3/t15-,20+/m1/s1. The van der Waals surface area contributed by atoms with Crippen molar-refractivity contribution in [1.82, 2.24) is 5.32 Å². The smallest absolute Gasteiger partial charge is 0.308 e. The van der Waals surface area contributed by atoms with Crippen LogP contribution in [0, 0.1) is 0 Å². The molecule has 0 aromatic heterocycles. The number of ether oxygens (including phenoxy) is 2. The lowest BCUT2D eigenvalue weighted by Gasteiger charge is -2.26. The Balaban J connectivity index is 2.17. The van der Waals surface area contributed by atoms with Gasteiger partial charge < -0.3 is 14.8 Å². The van der Waals surface area contributed by atoms with Crippen LogP contribution in [0.15, 0.2) is 53.0 Å². The van der Waals surface area contributed by atoms with Crippen LogP contribution in [0.5, 0.6) is 5.75 Å². The van der Waals surface area contributed by atoms with Crippen molar-refractivity contribution in [2.45, 2.75) is 51.8 Å². The van der Waals surface area contributed by atoms with Gasteiger partial charge in [-0.3, -0.25) is 4.79 Å². The molecule has 0 amide bonds. The van der Waals surface area contributed by atoms with E-state index in [2.05, 4.69) is 28.2 Å². The maximum absolute atomic E-state index is 12.4. The average Bonchev–Trinajstić information content (AvgIpc) is 2.60. The molecule has 0 aliphatic rings. The van der Waals surface area contributed by atoms with Gasteiger partial charge in [0.05, 0.1) is 13.5 Å². The predicted octanol–water partition coefficient (Wildman–Crippen LogP) is 5.58. The number of hydrogen-bond acceptors (Lipinski definition) is 4. The molecule has 0 saturated heterocycles. The molecular formula is C22H28BrNO3. The molecular weight excluding hydrogens is 406 g/mol. The first-order valence-electron chi connectivity index (χ1n) is 9.05. The van der Waals surface area contributed by atoms with E-state index in [0.29, 0.717) is 0 Å². The fourth-order valence-corrected chi connectivity index (χ4v) is 3.07. The van der Waals surface area contributed by atoms with Crippen molar-refractivity contribution in [2.24, 2.45) is 0 Å². The van der Waals surface area contributed by atoms with Crippen molar-refractivity contribution in [3.05, 3.63) is 64.1 Å². The molecule has 0 bridgehead atoms. The molecule has 5 heteroatoms. The molecule has 0 fully saturated rings. The van der Waals surface area contributed by atoms with E-state index in [1.165, 1.54) is 0 Å². The van der Waals surface area contributed by atoms with Crippen molar-refractivity contribution < 1.29 is 14.3 Å². The molecule has 0 saturated carbocycles. The van der Waals surface area contributed by atoms with Crippen LogP contribution in [0.4, 0.5) is 0 Å². The van der Waals surface area contributed by atoms with E-state index in [9.17, 15) is 4.79 Å². The summed E-state index contributed by atoms with van der Waals surface area (Å²) in [5.74, 6) is 0.606. The van der Waals surface area contributed by atoms with Crippen LogP contribution in [0.3, 0.4) is 0 Å². The van der Waals surface area contributed by atoms with Gasteiger partial charge in [-0.25, -0.2) is 0 Å². The zero-order chi connectivity index (χ0) is 20.0. The van der Waals surface area contributed by atoms with Gasteiger partial charge in [0.2, 0.25) is 0 Å². The highest BCUT2D eigenvalue weighted by Gasteiger charge is 2.23. The van der Waals surface area contributed by atoms with E-state index >= 15 is 0 Å². The zero-order valence-electron chi connectivity index (χ0n) is 16.6. The quantitative estimate of drug-likeness (QED) is 0.578. The van der Waals surface area contributed by atoms with Crippen molar-refractivity contribution in [1.29, 1.82) is 0 Å². The first-order chi connectivity index (χ1) is 12.7. The molecule has 2 atom stereocenters. The van der Waals surface area contributed by atoms with E-state index in [4.69, 9.17) is 9.47 Å². The Morgan fingerprint density at radius 1 is 1.04 bits per heavy atom. The molecule has 2 rings (SSSR count). The zero-order valence-corrected chi connectivity index (χ0v) is 18.2. The van der Waals surface area contributed by atoms with Crippen molar-refractivity contribution in [3.8, 4) is 5.75 Å². The summed E-state index contributed by atoms with van der Waals surface area (Å²) in [4.78, 5) is 12.4. The number of carbonyl (C=O) groups is 1. The van der Waals surface area contributed by atoms with E-state index in [0.717, 1.165) is 21.3 Å². The van der Waals surface area contributed by atoms with Crippen LogP contribution < -0.4 is 10.1 Å². The van der Waals surface area contributed by atoms with Crippen LogP contribution >= 0.6 is 15.9 Å². The molecule has 2 aromatic rings. The van der Waals surface area contributed by atoms with Gasteiger partial charge >= 0.3 is 5.97 Å². The maximum atomic E-state index is 12.4. The summed E-state index contributed by atoms with van der Waals surface area (Å²) in [7, 11) is 1.65. The van der Waals surface area contributed by atoms with Crippen LogP contribution in [0.2, 0.25) is 0 Å². The Kier molecular flexibility index (Phi) is 7.45. The van der Waals surface area contributed by atoms with Gasteiger partial charge in [-0.2, -0.15) is 0 Å². The summed E-state index contributed by atoms with van der Waals surface area (Å²) in [5, 5.41) is 3.57. The van der Waals surface area contributed by atoms with E-state index < -0.39 is 5.60 Å². The molecule has 2 aromatic carbocycles. The number of methoxy groups -OCH3 is 1. The average molecular weight is 434 g/mol. The molecule has 146 valence electrons. The topological polar surface area (TPSA) is 47.6 Å². The molecule has 27 heavy (non-hydrogen) atoms. The van der Waals surface area contributed by atoms with E-state index in [-0.39, 0.29) is 24.5 Å². The van der Waals surface area contributed by atoms with Crippen LogP contribution in [0.25, 0.3) is 0 Å². The van der Waals surface area contributed by atoms with Gasteiger partial charge in [-0.15, -0.1) is 0 Å². The third-order valence-electron chi connectivity index (χ3n) is 4.13. The molecule has 0 aliphatic heterocycles. The Labute approximate surface area is 170 Å². The Morgan fingerprint density at radius 2 is 1.59 bits per heavy atom. The maximum Gasteiger partial charge on any atom is 0.308 e. The largest absolute Gasteiger partial charge is 0.497 e. The highest BCUT2D eigenvalue weighted by atomic mass is 79.9. The lowest BCUT2D eigenvalue weighted by atomic mass is 10.0. The summed E-state index contributed by atoms with van der Waals surface area (Å²) < 4.78 is 11.8. The molecule has 0 heterocycles. The number of carbonyl (C=O) groups excluding carboxylic acids is 1. The highest BCUT2D eigenvalue weighted by molar-refractivity contribution is 9.10. The van der Waals surface area contributed by atoms with Gasteiger partial charge in [0.1, 0.15) is 11.4 Å². The molecule has 1 N–H and O–H groups in total. The second-order valence-electron chi connectivity index (χ2n) is 7.56. The van der Waals surface area contributed by atoms with Gasteiger partial charge in [0, 0.05) is 16.6 Å². The van der Waals surface area contributed by atoms with E-state index in [1.54, 1.807) is 7.11 Å². The Morgan fingerprint density at radius 3 is 2.11 bits per heavy atom.